The first-order valence-electron chi connectivity index (χ1n) is 12.5. The minimum absolute atomic E-state index is 0.302. The number of hydrogen-bond donors (Lipinski definition) is 2. The van der Waals surface area contributed by atoms with E-state index in [9.17, 15) is 46.2 Å². The van der Waals surface area contributed by atoms with Crippen LogP contribution >= 0.6 is 0 Å². The second kappa shape index (κ2) is 7.25. The predicted molar refractivity (Wildman–Crippen MR) is 126 cm³/mol. The topological polar surface area (TPSA) is 239 Å². The van der Waals surface area contributed by atoms with E-state index in [2.05, 4.69) is 20.7 Å². The van der Waals surface area contributed by atoms with E-state index in [0.717, 1.165) is 9.80 Å². The molecular weight excluding hydrogens is 576 g/mol. The van der Waals surface area contributed by atoms with Crippen molar-refractivity contribution in [2.75, 3.05) is 13.1 Å². The highest BCUT2D eigenvalue weighted by Crippen LogP contribution is 2.52. The largest absolute Gasteiger partial charge is 0.480 e. The monoisotopic (exact) mass is 600 g/mol. The normalized spacial score (nSPS) is 46.4. The average molecular weight is 601 g/mol. The van der Waals surface area contributed by atoms with E-state index in [-0.39, 0.29) is 12.8 Å². The molecule has 4 saturated heterocycles. The standard InChI is InChI=1S/C20H24N8O10S2/c1-19(15(17(31)32)27-7(29)3-9(27)39(19,35)36)5-25-13-11(21-23-25)12-14(13)26(24-22-12)6-20(2)16(18(33)34)28-8(30)4-10(28)40(20,37)38/h9-16H,3-6H2,1-2H3,(H,31,32)(H,33,34)/t9?,10?,11?,12?,13?,14?,15?,16?,19-,20+. The van der Waals surface area contributed by atoms with Crippen molar-refractivity contribution < 1.29 is 46.2 Å². The van der Waals surface area contributed by atoms with Gasteiger partial charge in [0.05, 0.1) is 38.0 Å². The molecule has 0 aromatic carbocycles. The van der Waals surface area contributed by atoms with Gasteiger partial charge in [0, 0.05) is 0 Å². The van der Waals surface area contributed by atoms with Gasteiger partial charge in [-0.2, -0.15) is 10.2 Å². The van der Waals surface area contributed by atoms with Gasteiger partial charge in [0.25, 0.3) is 0 Å². The molecule has 1 saturated carbocycles. The van der Waals surface area contributed by atoms with Gasteiger partial charge >= 0.3 is 11.9 Å². The molecule has 6 heterocycles. The first-order valence-corrected chi connectivity index (χ1v) is 15.6. The maximum Gasteiger partial charge on any atom is 0.328 e. The Balaban J connectivity index is 1.17. The second-order valence-corrected chi connectivity index (χ2v) is 16.8. The van der Waals surface area contributed by atoms with Crippen LogP contribution in [0.4, 0.5) is 0 Å². The van der Waals surface area contributed by atoms with Gasteiger partial charge in [-0.3, -0.25) is 19.6 Å². The average Bonchev–Trinajstić information content (AvgIpc) is 3.42. The molecule has 2 N–H and O–H groups in total. The lowest BCUT2D eigenvalue weighted by atomic mass is 9.75. The molecule has 216 valence electrons. The molecule has 7 rings (SSSR count). The number of amides is 2. The van der Waals surface area contributed by atoms with Gasteiger partial charge in [-0.15, -0.1) is 0 Å². The molecule has 0 radical (unpaired) electrons. The number of carboxylic acid groups (broad SMARTS) is 2. The molecular formula is C20H24N8O10S2. The summed E-state index contributed by atoms with van der Waals surface area (Å²) in [7, 11) is -8.26. The molecule has 1 aliphatic carbocycles. The summed E-state index contributed by atoms with van der Waals surface area (Å²) in [6, 6.07) is -5.75. The van der Waals surface area contributed by atoms with E-state index in [4.69, 9.17) is 0 Å². The van der Waals surface area contributed by atoms with Crippen LogP contribution in [0, 0.1) is 0 Å². The van der Waals surface area contributed by atoms with Crippen LogP contribution in [0.25, 0.3) is 0 Å². The minimum Gasteiger partial charge on any atom is -0.480 e. The number of sulfone groups is 2. The SMILES string of the molecule is C[C@]1(CN2N=NC3C4N=NN(C[C@]5(C)C(C(=O)O)N6C(=O)CC6S5(=O)=O)C4C32)C(C(=O)O)N2C(=O)CC2S1(=O)=O. The van der Waals surface area contributed by atoms with Crippen LogP contribution in [-0.2, 0) is 38.9 Å². The molecule has 10 atom stereocenters. The van der Waals surface area contributed by atoms with E-state index in [1.165, 1.54) is 23.9 Å². The third-order valence-corrected chi connectivity index (χ3v) is 15.3. The highest BCUT2D eigenvalue weighted by Gasteiger charge is 2.74. The van der Waals surface area contributed by atoms with Crippen LogP contribution in [-0.4, -0.2) is 140 Å². The highest BCUT2D eigenvalue weighted by molar-refractivity contribution is 7.94. The Morgan fingerprint density at radius 3 is 1.43 bits per heavy atom. The van der Waals surface area contributed by atoms with Crippen LogP contribution < -0.4 is 0 Å². The molecule has 2 amide bonds. The summed E-state index contributed by atoms with van der Waals surface area (Å²) in [5.74, 6) is -4.08. The van der Waals surface area contributed by atoms with Crippen molar-refractivity contribution >= 4 is 43.4 Å². The summed E-state index contributed by atoms with van der Waals surface area (Å²) in [4.78, 5) is 50.4. The van der Waals surface area contributed by atoms with E-state index in [1.807, 2.05) is 0 Å². The van der Waals surface area contributed by atoms with Gasteiger partial charge < -0.3 is 20.0 Å². The predicted octanol–water partition coefficient (Wildman–Crippen LogP) is -2.76. The summed E-state index contributed by atoms with van der Waals surface area (Å²) in [5, 5.41) is 36.5. The van der Waals surface area contributed by atoms with Crippen LogP contribution in [0.2, 0.25) is 0 Å². The van der Waals surface area contributed by atoms with Crippen molar-refractivity contribution in [1.29, 1.82) is 0 Å². The molecule has 0 aromatic rings. The quantitative estimate of drug-likeness (QED) is 0.295. The summed E-state index contributed by atoms with van der Waals surface area (Å²) in [5.41, 5.74) is 0. The minimum atomic E-state index is -4.13. The lowest BCUT2D eigenvalue weighted by Crippen LogP contribution is -2.71. The van der Waals surface area contributed by atoms with Crippen molar-refractivity contribution in [3.05, 3.63) is 0 Å². The van der Waals surface area contributed by atoms with E-state index >= 15 is 0 Å². The van der Waals surface area contributed by atoms with Gasteiger partial charge in [0.15, 0.2) is 31.8 Å². The summed E-state index contributed by atoms with van der Waals surface area (Å²) in [6.45, 7) is 1.70. The van der Waals surface area contributed by atoms with Crippen molar-refractivity contribution in [1.82, 2.24) is 19.8 Å². The summed E-state index contributed by atoms with van der Waals surface area (Å²) < 4.78 is 49.8. The molecule has 7 aliphatic rings. The van der Waals surface area contributed by atoms with Gasteiger partial charge in [-0.1, -0.05) is 10.4 Å². The molecule has 8 unspecified atom stereocenters. The van der Waals surface area contributed by atoms with Crippen LogP contribution in [0.5, 0.6) is 0 Å². The van der Waals surface area contributed by atoms with Crippen LogP contribution in [0.15, 0.2) is 20.7 Å². The third-order valence-electron chi connectivity index (χ3n) is 9.73. The number of hydrogen-bond acceptors (Lipinski definition) is 14. The molecule has 5 fully saturated rings. The zero-order valence-corrected chi connectivity index (χ0v) is 22.6. The van der Waals surface area contributed by atoms with Gasteiger partial charge in [-0.05, 0) is 13.8 Å². The van der Waals surface area contributed by atoms with Crippen molar-refractivity contribution in [3.63, 3.8) is 0 Å². The van der Waals surface area contributed by atoms with Crippen molar-refractivity contribution in [2.45, 2.75) is 83.2 Å². The maximum atomic E-state index is 13.4. The molecule has 20 heteroatoms. The fraction of sp³-hybridized carbons (Fsp3) is 0.800. The Kier molecular flexibility index (Phi) is 4.63. The molecule has 6 aliphatic heterocycles. The fourth-order valence-electron chi connectivity index (χ4n) is 7.51. The fourth-order valence-corrected chi connectivity index (χ4v) is 12.2. The molecule has 0 spiro atoms. The summed E-state index contributed by atoms with van der Waals surface area (Å²) in [6.07, 6.45) is -0.604. The lowest BCUT2D eigenvalue weighted by molar-refractivity contribution is -0.158. The zero-order chi connectivity index (χ0) is 28.9. The number of carboxylic acids is 2. The molecule has 0 aromatic heterocycles. The number of rotatable bonds is 6. The van der Waals surface area contributed by atoms with Crippen LogP contribution in [0.1, 0.15) is 26.7 Å². The number of carbonyl (C=O) groups is 4. The van der Waals surface area contributed by atoms with Crippen molar-refractivity contribution in [3.8, 4) is 0 Å². The first-order chi connectivity index (χ1) is 18.6. The molecule has 40 heavy (non-hydrogen) atoms. The first kappa shape index (κ1) is 25.5. The smallest absolute Gasteiger partial charge is 0.328 e. The van der Waals surface area contributed by atoms with E-state index in [0.29, 0.717) is 0 Å². The van der Waals surface area contributed by atoms with Gasteiger partial charge in [0.2, 0.25) is 11.8 Å². The number of fused-ring (bicyclic) bond motifs is 6. The maximum absolute atomic E-state index is 13.4. The Bertz CT molecular complexity index is 1470. The molecule has 18 nitrogen and oxygen atoms in total. The lowest BCUT2D eigenvalue weighted by Gasteiger charge is -2.48. The Morgan fingerprint density at radius 1 is 0.775 bits per heavy atom. The van der Waals surface area contributed by atoms with Crippen molar-refractivity contribution in [2.24, 2.45) is 20.7 Å². The van der Waals surface area contributed by atoms with E-state index < -0.39 is 113 Å². The van der Waals surface area contributed by atoms with E-state index in [1.54, 1.807) is 0 Å². The number of nitrogens with zero attached hydrogens (tertiary/aromatic N) is 8. The highest BCUT2D eigenvalue weighted by atomic mass is 32.2. The summed E-state index contributed by atoms with van der Waals surface area (Å²) >= 11 is 0. The third kappa shape index (κ3) is 2.60. The van der Waals surface area contributed by atoms with Gasteiger partial charge in [0.1, 0.15) is 32.3 Å². The van der Waals surface area contributed by atoms with Crippen LogP contribution in [0.3, 0.4) is 0 Å². The number of β-lactam (4-membered cyclic amide) rings is 2. The number of carbonyl (C=O) groups excluding carboxylic acids is 2. The molecule has 0 bridgehead atoms. The second-order valence-electron chi connectivity index (χ2n) is 11.7. The Labute approximate surface area is 226 Å². The zero-order valence-electron chi connectivity index (χ0n) is 21.0. The Hall–Kier alpha value is -3.42. The number of aliphatic carboxylic acids is 2. The Morgan fingerprint density at radius 2 is 1.12 bits per heavy atom. The van der Waals surface area contributed by atoms with Gasteiger partial charge in [-0.25, -0.2) is 26.4 Å².